The van der Waals surface area contributed by atoms with Crippen LogP contribution in [0.2, 0.25) is 0 Å². The molecule has 0 saturated heterocycles. The molecule has 3 N–H and O–H groups in total. The van der Waals surface area contributed by atoms with Crippen molar-refractivity contribution in [2.45, 2.75) is 24.9 Å². The van der Waals surface area contributed by atoms with Gasteiger partial charge in [-0.2, -0.15) is 5.10 Å². The van der Waals surface area contributed by atoms with Gasteiger partial charge in [-0.05, 0) is 12.5 Å². The van der Waals surface area contributed by atoms with Crippen molar-refractivity contribution in [2.75, 3.05) is 5.73 Å². The van der Waals surface area contributed by atoms with E-state index in [0.717, 1.165) is 5.56 Å². The van der Waals surface area contributed by atoms with E-state index in [1.807, 2.05) is 37.3 Å². The number of sulfonamides is 1. The highest BCUT2D eigenvalue weighted by Crippen LogP contribution is 2.16. The fourth-order valence-corrected chi connectivity index (χ4v) is 2.73. The van der Waals surface area contributed by atoms with Crippen molar-refractivity contribution in [3.05, 3.63) is 42.1 Å². The number of hydrogen-bond donors (Lipinski definition) is 2. The van der Waals surface area contributed by atoms with Gasteiger partial charge in [0.15, 0.2) is 5.82 Å². The Morgan fingerprint density at radius 1 is 1.32 bits per heavy atom. The van der Waals surface area contributed by atoms with Crippen molar-refractivity contribution in [3.63, 3.8) is 0 Å². The number of aromatic nitrogens is 2. The first-order chi connectivity index (χ1) is 9.03. The minimum atomic E-state index is -3.64. The average molecular weight is 280 g/mol. The van der Waals surface area contributed by atoms with Crippen LogP contribution in [0.1, 0.15) is 12.5 Å². The van der Waals surface area contributed by atoms with E-state index in [1.165, 1.54) is 10.9 Å². The third-order valence-corrected chi connectivity index (χ3v) is 4.10. The molecule has 0 bridgehead atoms. The Morgan fingerprint density at radius 3 is 2.58 bits per heavy atom. The molecule has 1 aromatic carbocycles. The number of nitrogens with one attached hydrogen (secondary N) is 1. The number of nitrogens with zero attached hydrogens (tertiary/aromatic N) is 2. The van der Waals surface area contributed by atoms with Crippen LogP contribution < -0.4 is 10.5 Å². The summed E-state index contributed by atoms with van der Waals surface area (Å²) in [5.41, 5.74) is 6.50. The van der Waals surface area contributed by atoms with E-state index in [-0.39, 0.29) is 17.3 Å². The lowest BCUT2D eigenvalue weighted by Gasteiger charge is -2.05. The molecule has 102 valence electrons. The lowest BCUT2D eigenvalue weighted by molar-refractivity contribution is 0.581. The fourth-order valence-electron chi connectivity index (χ4n) is 1.64. The zero-order chi connectivity index (χ0) is 13.9. The molecule has 0 amide bonds. The van der Waals surface area contributed by atoms with Crippen LogP contribution in [0.3, 0.4) is 0 Å². The molecule has 2 rings (SSSR count). The van der Waals surface area contributed by atoms with Gasteiger partial charge in [-0.15, -0.1) is 0 Å². The predicted molar refractivity (Wildman–Crippen MR) is 72.8 cm³/mol. The summed E-state index contributed by atoms with van der Waals surface area (Å²) < 4.78 is 28.2. The number of benzene rings is 1. The number of aryl methyl sites for hydroxylation is 1. The highest BCUT2D eigenvalue weighted by Gasteiger charge is 2.20. The van der Waals surface area contributed by atoms with Gasteiger partial charge in [0.2, 0.25) is 10.0 Å². The first-order valence-corrected chi connectivity index (χ1v) is 7.38. The van der Waals surface area contributed by atoms with Crippen molar-refractivity contribution in [1.82, 2.24) is 14.5 Å². The molecule has 0 spiro atoms. The maximum Gasteiger partial charge on any atom is 0.246 e. The molecule has 6 nitrogen and oxygen atoms in total. The summed E-state index contributed by atoms with van der Waals surface area (Å²) in [6.45, 7) is 2.65. The highest BCUT2D eigenvalue weighted by atomic mass is 32.2. The third-order valence-electron chi connectivity index (χ3n) is 2.68. The van der Waals surface area contributed by atoms with Gasteiger partial charge in [-0.25, -0.2) is 13.1 Å². The molecule has 2 aromatic rings. The van der Waals surface area contributed by atoms with E-state index in [4.69, 9.17) is 5.73 Å². The molecule has 7 heteroatoms. The SMILES string of the molecule is CCn1cc(S(=O)(=O)NCc2ccccc2)c(N)n1. The first-order valence-electron chi connectivity index (χ1n) is 5.89. The average Bonchev–Trinajstić information content (AvgIpc) is 2.80. The second-order valence-electron chi connectivity index (χ2n) is 4.04. The van der Waals surface area contributed by atoms with Crippen LogP contribution in [-0.2, 0) is 23.1 Å². The normalized spacial score (nSPS) is 11.6. The Balaban J connectivity index is 2.16. The summed E-state index contributed by atoms with van der Waals surface area (Å²) in [5, 5.41) is 3.93. The summed E-state index contributed by atoms with van der Waals surface area (Å²) in [6, 6.07) is 9.28. The fraction of sp³-hybridized carbons (Fsp3) is 0.250. The Kier molecular flexibility index (Phi) is 3.87. The quantitative estimate of drug-likeness (QED) is 0.853. The minimum Gasteiger partial charge on any atom is -0.381 e. The number of hydrogen-bond acceptors (Lipinski definition) is 4. The summed E-state index contributed by atoms with van der Waals surface area (Å²) in [7, 11) is -3.64. The van der Waals surface area contributed by atoms with Gasteiger partial charge in [0.05, 0.1) is 0 Å². The molecule has 0 saturated carbocycles. The molecule has 0 aliphatic carbocycles. The zero-order valence-electron chi connectivity index (χ0n) is 10.6. The maximum absolute atomic E-state index is 12.1. The van der Waals surface area contributed by atoms with E-state index in [9.17, 15) is 8.42 Å². The second kappa shape index (κ2) is 5.41. The largest absolute Gasteiger partial charge is 0.381 e. The van der Waals surface area contributed by atoms with Crippen molar-refractivity contribution in [2.24, 2.45) is 0 Å². The Labute approximate surface area is 112 Å². The molecular formula is C12H16N4O2S. The summed E-state index contributed by atoms with van der Waals surface area (Å²) in [5.74, 6) is 0.0161. The van der Waals surface area contributed by atoms with Crippen LogP contribution >= 0.6 is 0 Å². The smallest absolute Gasteiger partial charge is 0.246 e. The molecule has 1 aromatic heterocycles. The number of nitrogen functional groups attached to an aromatic ring is 1. The molecule has 0 aliphatic heterocycles. The van der Waals surface area contributed by atoms with Crippen LogP contribution in [-0.4, -0.2) is 18.2 Å². The predicted octanol–water partition coefficient (Wildman–Crippen LogP) is 0.964. The zero-order valence-corrected chi connectivity index (χ0v) is 11.4. The Morgan fingerprint density at radius 2 is 2.00 bits per heavy atom. The van der Waals surface area contributed by atoms with E-state index >= 15 is 0 Å². The van der Waals surface area contributed by atoms with E-state index in [1.54, 1.807) is 0 Å². The number of rotatable bonds is 5. The number of nitrogens with two attached hydrogens (primary N) is 1. The van der Waals surface area contributed by atoms with Crippen LogP contribution in [0.15, 0.2) is 41.4 Å². The Hall–Kier alpha value is -1.86. The van der Waals surface area contributed by atoms with Gasteiger partial charge in [-0.1, -0.05) is 30.3 Å². The van der Waals surface area contributed by atoms with Gasteiger partial charge in [-0.3, -0.25) is 4.68 Å². The van der Waals surface area contributed by atoms with Crippen LogP contribution in [0.25, 0.3) is 0 Å². The molecular weight excluding hydrogens is 264 g/mol. The molecule has 0 fully saturated rings. The summed E-state index contributed by atoms with van der Waals surface area (Å²) >= 11 is 0. The molecule has 19 heavy (non-hydrogen) atoms. The lowest BCUT2D eigenvalue weighted by Crippen LogP contribution is -2.23. The minimum absolute atomic E-state index is 0.0161. The molecule has 0 atom stereocenters. The van der Waals surface area contributed by atoms with E-state index in [2.05, 4.69) is 9.82 Å². The molecule has 0 radical (unpaired) electrons. The first kappa shape index (κ1) is 13.6. The van der Waals surface area contributed by atoms with Crippen LogP contribution in [0.5, 0.6) is 0 Å². The van der Waals surface area contributed by atoms with Crippen molar-refractivity contribution in [3.8, 4) is 0 Å². The van der Waals surface area contributed by atoms with Crippen LogP contribution in [0.4, 0.5) is 5.82 Å². The van der Waals surface area contributed by atoms with Crippen molar-refractivity contribution < 1.29 is 8.42 Å². The topological polar surface area (TPSA) is 90.0 Å². The summed E-state index contributed by atoms with van der Waals surface area (Å²) in [6.07, 6.45) is 1.43. The highest BCUT2D eigenvalue weighted by molar-refractivity contribution is 7.89. The third kappa shape index (κ3) is 3.12. The van der Waals surface area contributed by atoms with Gasteiger partial charge < -0.3 is 5.73 Å². The Bertz CT molecular complexity index is 650. The molecule has 0 aliphatic rings. The van der Waals surface area contributed by atoms with E-state index < -0.39 is 10.0 Å². The van der Waals surface area contributed by atoms with Gasteiger partial charge in [0.25, 0.3) is 0 Å². The number of anilines is 1. The second-order valence-corrected chi connectivity index (χ2v) is 5.78. The van der Waals surface area contributed by atoms with Crippen molar-refractivity contribution in [1.29, 1.82) is 0 Å². The maximum atomic E-state index is 12.1. The molecule has 1 heterocycles. The van der Waals surface area contributed by atoms with E-state index in [0.29, 0.717) is 6.54 Å². The van der Waals surface area contributed by atoms with Gasteiger partial charge >= 0.3 is 0 Å². The van der Waals surface area contributed by atoms with Gasteiger partial charge in [0.1, 0.15) is 4.90 Å². The van der Waals surface area contributed by atoms with Crippen LogP contribution in [0, 0.1) is 0 Å². The standard InChI is InChI=1S/C12H16N4O2S/c1-2-16-9-11(12(13)15-16)19(17,18)14-8-10-6-4-3-5-7-10/h3-7,9,14H,2,8H2,1H3,(H2,13,15). The monoisotopic (exact) mass is 280 g/mol. The van der Waals surface area contributed by atoms with Crippen molar-refractivity contribution >= 4 is 15.8 Å². The molecule has 0 unspecified atom stereocenters. The van der Waals surface area contributed by atoms with Gasteiger partial charge in [0, 0.05) is 19.3 Å². The lowest BCUT2D eigenvalue weighted by atomic mass is 10.2. The summed E-state index contributed by atoms with van der Waals surface area (Å²) in [4.78, 5) is 0.0188.